The van der Waals surface area contributed by atoms with E-state index in [1.165, 1.54) is 0 Å². The molecule has 0 atom stereocenters. The van der Waals surface area contributed by atoms with Crippen molar-refractivity contribution in [2.75, 3.05) is 18.8 Å². The summed E-state index contributed by atoms with van der Waals surface area (Å²) in [6.45, 7) is 3.68. The van der Waals surface area contributed by atoms with Crippen molar-refractivity contribution in [2.45, 2.75) is 32.5 Å². The number of piperidine rings is 1. The van der Waals surface area contributed by atoms with Gasteiger partial charge in [-0.15, -0.1) is 0 Å². The van der Waals surface area contributed by atoms with Crippen LogP contribution in [0.2, 0.25) is 0 Å². The van der Waals surface area contributed by atoms with E-state index in [4.69, 9.17) is 5.73 Å². The predicted molar refractivity (Wildman–Crippen MR) is 69.6 cm³/mol. The highest BCUT2D eigenvalue weighted by molar-refractivity contribution is 5.44. The van der Waals surface area contributed by atoms with Crippen LogP contribution < -0.4 is 5.73 Å². The summed E-state index contributed by atoms with van der Waals surface area (Å²) in [5.41, 5.74) is 8.68. The number of anilines is 1. The van der Waals surface area contributed by atoms with Gasteiger partial charge in [-0.05, 0) is 56.1 Å². The van der Waals surface area contributed by atoms with Crippen LogP contribution in [0.15, 0.2) is 18.2 Å². The molecule has 106 valence electrons. The molecule has 1 aliphatic heterocycles. The van der Waals surface area contributed by atoms with Crippen molar-refractivity contribution in [3.05, 3.63) is 29.3 Å². The molecule has 0 aromatic heterocycles. The zero-order valence-corrected chi connectivity index (χ0v) is 11.0. The van der Waals surface area contributed by atoms with E-state index >= 15 is 0 Å². The average molecular weight is 272 g/mol. The van der Waals surface area contributed by atoms with E-state index in [0.717, 1.165) is 11.1 Å². The number of alkyl halides is 3. The first kappa shape index (κ1) is 14.2. The van der Waals surface area contributed by atoms with Gasteiger partial charge < -0.3 is 5.73 Å². The molecule has 1 saturated heterocycles. The number of aryl methyl sites for hydroxylation is 1. The van der Waals surface area contributed by atoms with Gasteiger partial charge in [0.15, 0.2) is 0 Å². The quantitative estimate of drug-likeness (QED) is 0.837. The molecule has 2 N–H and O–H groups in total. The molecule has 2 rings (SSSR count). The van der Waals surface area contributed by atoms with Gasteiger partial charge >= 0.3 is 6.18 Å². The van der Waals surface area contributed by atoms with Gasteiger partial charge in [-0.2, -0.15) is 13.2 Å². The molecule has 5 heteroatoms. The van der Waals surface area contributed by atoms with Crippen molar-refractivity contribution < 1.29 is 13.2 Å². The van der Waals surface area contributed by atoms with Gasteiger partial charge in [0.1, 0.15) is 0 Å². The number of halogens is 3. The molecule has 0 spiro atoms. The zero-order valence-electron chi connectivity index (χ0n) is 11.0. The van der Waals surface area contributed by atoms with Crippen LogP contribution in [0, 0.1) is 12.8 Å². The van der Waals surface area contributed by atoms with Crippen molar-refractivity contribution >= 4 is 5.69 Å². The van der Waals surface area contributed by atoms with Crippen LogP contribution in [0.1, 0.15) is 24.0 Å². The van der Waals surface area contributed by atoms with Gasteiger partial charge in [-0.3, -0.25) is 4.90 Å². The Hall–Kier alpha value is -1.23. The van der Waals surface area contributed by atoms with Gasteiger partial charge in [0.25, 0.3) is 0 Å². The van der Waals surface area contributed by atoms with E-state index in [1.807, 2.05) is 25.1 Å². The third-order valence-corrected chi connectivity index (χ3v) is 3.82. The lowest BCUT2D eigenvalue weighted by atomic mass is 9.95. The summed E-state index contributed by atoms with van der Waals surface area (Å²) in [5.74, 6) is -1.13. The first-order valence-corrected chi connectivity index (χ1v) is 6.50. The Balaban J connectivity index is 1.94. The highest BCUT2D eigenvalue weighted by atomic mass is 19.4. The number of hydrogen-bond donors (Lipinski definition) is 1. The van der Waals surface area contributed by atoms with Crippen LogP contribution in [-0.2, 0) is 6.54 Å². The molecular formula is C14H19F3N2. The van der Waals surface area contributed by atoms with Crippen LogP contribution in [0.3, 0.4) is 0 Å². The highest BCUT2D eigenvalue weighted by Crippen LogP contribution is 2.34. The smallest absolute Gasteiger partial charge is 0.391 e. The molecule has 1 aromatic carbocycles. The number of nitrogen functional groups attached to an aromatic ring is 1. The van der Waals surface area contributed by atoms with Gasteiger partial charge in [0.05, 0.1) is 5.92 Å². The van der Waals surface area contributed by atoms with E-state index in [9.17, 15) is 13.2 Å². The fourth-order valence-electron chi connectivity index (χ4n) is 2.52. The second-order valence-electron chi connectivity index (χ2n) is 5.28. The van der Waals surface area contributed by atoms with Crippen molar-refractivity contribution in [2.24, 2.45) is 5.92 Å². The summed E-state index contributed by atoms with van der Waals surface area (Å²) in [6, 6.07) is 5.70. The minimum absolute atomic E-state index is 0.199. The van der Waals surface area contributed by atoms with Gasteiger partial charge in [0.2, 0.25) is 0 Å². The Kier molecular flexibility index (Phi) is 4.04. The van der Waals surface area contributed by atoms with Crippen molar-refractivity contribution in [3.8, 4) is 0 Å². The molecule has 1 fully saturated rings. The van der Waals surface area contributed by atoms with E-state index in [0.29, 0.717) is 25.3 Å². The fraction of sp³-hybridized carbons (Fsp3) is 0.571. The van der Waals surface area contributed by atoms with Gasteiger partial charge in [0, 0.05) is 12.2 Å². The molecular weight excluding hydrogens is 253 g/mol. The molecule has 0 aliphatic carbocycles. The predicted octanol–water partition coefficient (Wildman–Crippen LogP) is 3.35. The number of nitrogens with two attached hydrogens (primary N) is 1. The molecule has 19 heavy (non-hydrogen) atoms. The number of rotatable bonds is 2. The highest BCUT2D eigenvalue weighted by Gasteiger charge is 2.40. The number of likely N-dealkylation sites (tertiary alicyclic amines) is 1. The Morgan fingerprint density at radius 3 is 2.47 bits per heavy atom. The number of hydrogen-bond acceptors (Lipinski definition) is 2. The maximum absolute atomic E-state index is 12.6. The average Bonchev–Trinajstić information content (AvgIpc) is 2.33. The zero-order chi connectivity index (χ0) is 14.0. The lowest BCUT2D eigenvalue weighted by molar-refractivity contribution is -0.185. The largest absolute Gasteiger partial charge is 0.399 e. The second-order valence-corrected chi connectivity index (χ2v) is 5.28. The lowest BCUT2D eigenvalue weighted by Gasteiger charge is -2.33. The molecule has 1 aliphatic rings. The first-order chi connectivity index (χ1) is 8.86. The standard InChI is InChI=1S/C14H19F3N2/c1-10-2-3-13(18)8-11(10)9-19-6-4-12(5-7-19)14(15,16)17/h2-3,8,12H,4-7,9,18H2,1H3. The molecule has 2 nitrogen and oxygen atoms in total. The molecule has 0 saturated carbocycles. The summed E-state index contributed by atoms with van der Waals surface area (Å²) in [7, 11) is 0. The monoisotopic (exact) mass is 272 g/mol. The Morgan fingerprint density at radius 1 is 1.26 bits per heavy atom. The molecule has 0 bridgehead atoms. The minimum atomic E-state index is -4.04. The van der Waals surface area contributed by atoms with Crippen molar-refractivity contribution in [1.82, 2.24) is 4.90 Å². The maximum atomic E-state index is 12.6. The summed E-state index contributed by atoms with van der Waals surface area (Å²) in [4.78, 5) is 2.07. The van der Waals surface area contributed by atoms with Crippen LogP contribution in [0.4, 0.5) is 18.9 Å². The SMILES string of the molecule is Cc1ccc(N)cc1CN1CCC(C(F)(F)F)CC1. The summed E-state index contributed by atoms with van der Waals surface area (Å²) < 4.78 is 37.7. The number of benzene rings is 1. The molecule has 1 heterocycles. The third kappa shape index (κ3) is 3.62. The Bertz CT molecular complexity index is 435. The lowest BCUT2D eigenvalue weighted by Crippen LogP contribution is -2.38. The van der Waals surface area contributed by atoms with E-state index in [-0.39, 0.29) is 12.8 Å². The topological polar surface area (TPSA) is 29.3 Å². The maximum Gasteiger partial charge on any atom is 0.391 e. The molecule has 0 radical (unpaired) electrons. The third-order valence-electron chi connectivity index (χ3n) is 3.82. The van der Waals surface area contributed by atoms with Crippen molar-refractivity contribution in [3.63, 3.8) is 0 Å². The Morgan fingerprint density at radius 2 is 1.89 bits per heavy atom. The summed E-state index contributed by atoms with van der Waals surface area (Å²) >= 11 is 0. The molecule has 0 unspecified atom stereocenters. The van der Waals surface area contributed by atoms with Crippen LogP contribution in [-0.4, -0.2) is 24.2 Å². The summed E-state index contributed by atoms with van der Waals surface area (Å²) in [5, 5.41) is 0. The van der Waals surface area contributed by atoms with Gasteiger partial charge in [-0.25, -0.2) is 0 Å². The van der Waals surface area contributed by atoms with Crippen LogP contribution in [0.25, 0.3) is 0 Å². The first-order valence-electron chi connectivity index (χ1n) is 6.50. The van der Waals surface area contributed by atoms with Crippen molar-refractivity contribution in [1.29, 1.82) is 0 Å². The molecule has 1 aromatic rings. The molecule has 0 amide bonds. The second kappa shape index (κ2) is 5.41. The Labute approximate surface area is 111 Å². The minimum Gasteiger partial charge on any atom is -0.399 e. The fourth-order valence-corrected chi connectivity index (χ4v) is 2.52. The number of nitrogens with zero attached hydrogens (tertiary/aromatic N) is 1. The van der Waals surface area contributed by atoms with Gasteiger partial charge in [-0.1, -0.05) is 6.07 Å². The van der Waals surface area contributed by atoms with Crippen LogP contribution >= 0.6 is 0 Å². The normalized spacial score (nSPS) is 18.7. The van der Waals surface area contributed by atoms with E-state index in [2.05, 4.69) is 4.90 Å². The summed E-state index contributed by atoms with van der Waals surface area (Å²) in [6.07, 6.45) is -3.64. The van der Waals surface area contributed by atoms with E-state index < -0.39 is 12.1 Å². The van der Waals surface area contributed by atoms with Crippen LogP contribution in [0.5, 0.6) is 0 Å². The van der Waals surface area contributed by atoms with E-state index in [1.54, 1.807) is 0 Å².